The summed E-state index contributed by atoms with van der Waals surface area (Å²) < 4.78 is 0. The van der Waals surface area contributed by atoms with Crippen molar-refractivity contribution in [1.82, 2.24) is 5.32 Å². The topological polar surface area (TPSA) is 66.4 Å². The SMILES string of the molecule is CC1CC(NC(=O)CC2(C(=O)O)CCCCCC2)C1. The van der Waals surface area contributed by atoms with Gasteiger partial charge in [0, 0.05) is 12.5 Å². The summed E-state index contributed by atoms with van der Waals surface area (Å²) in [5.74, 6) is -0.163. The lowest BCUT2D eigenvalue weighted by molar-refractivity contribution is -0.153. The molecule has 0 heterocycles. The summed E-state index contributed by atoms with van der Waals surface area (Å²) in [4.78, 5) is 23.7. The van der Waals surface area contributed by atoms with Gasteiger partial charge in [0.05, 0.1) is 5.41 Å². The van der Waals surface area contributed by atoms with Crippen LogP contribution >= 0.6 is 0 Å². The molecule has 2 saturated carbocycles. The van der Waals surface area contributed by atoms with Gasteiger partial charge in [0.25, 0.3) is 0 Å². The molecule has 108 valence electrons. The second-order valence-corrected chi connectivity index (χ2v) is 6.52. The van der Waals surface area contributed by atoms with Crippen molar-refractivity contribution in [3.63, 3.8) is 0 Å². The quantitative estimate of drug-likeness (QED) is 0.770. The molecule has 2 aliphatic carbocycles. The largest absolute Gasteiger partial charge is 0.481 e. The third kappa shape index (κ3) is 3.48. The van der Waals surface area contributed by atoms with E-state index in [4.69, 9.17) is 0 Å². The molecule has 0 atom stereocenters. The molecule has 19 heavy (non-hydrogen) atoms. The lowest BCUT2D eigenvalue weighted by Crippen LogP contribution is -2.46. The minimum Gasteiger partial charge on any atom is -0.481 e. The van der Waals surface area contributed by atoms with E-state index in [0.717, 1.165) is 38.5 Å². The highest BCUT2D eigenvalue weighted by atomic mass is 16.4. The van der Waals surface area contributed by atoms with Gasteiger partial charge in [-0.25, -0.2) is 0 Å². The van der Waals surface area contributed by atoms with Crippen LogP contribution in [0.4, 0.5) is 0 Å². The number of carbonyl (C=O) groups is 2. The van der Waals surface area contributed by atoms with Gasteiger partial charge in [-0.2, -0.15) is 0 Å². The molecule has 0 aromatic heterocycles. The number of aliphatic carboxylic acids is 1. The lowest BCUT2D eigenvalue weighted by atomic mass is 9.76. The van der Waals surface area contributed by atoms with Gasteiger partial charge in [-0.1, -0.05) is 32.6 Å². The van der Waals surface area contributed by atoms with Crippen LogP contribution in [0.5, 0.6) is 0 Å². The third-order valence-electron chi connectivity index (χ3n) is 4.75. The average Bonchev–Trinajstić information content (AvgIpc) is 2.53. The van der Waals surface area contributed by atoms with E-state index in [2.05, 4.69) is 12.2 Å². The van der Waals surface area contributed by atoms with Gasteiger partial charge < -0.3 is 10.4 Å². The summed E-state index contributed by atoms with van der Waals surface area (Å²) in [6, 6.07) is 0.277. The maximum Gasteiger partial charge on any atom is 0.310 e. The van der Waals surface area contributed by atoms with Crippen LogP contribution < -0.4 is 5.32 Å². The van der Waals surface area contributed by atoms with Crippen molar-refractivity contribution in [3.05, 3.63) is 0 Å². The van der Waals surface area contributed by atoms with E-state index in [-0.39, 0.29) is 18.4 Å². The Balaban J connectivity index is 1.91. The summed E-state index contributed by atoms with van der Waals surface area (Å²) >= 11 is 0. The molecule has 1 amide bonds. The van der Waals surface area contributed by atoms with Gasteiger partial charge in [0.15, 0.2) is 0 Å². The van der Waals surface area contributed by atoms with E-state index in [1.165, 1.54) is 0 Å². The van der Waals surface area contributed by atoms with Gasteiger partial charge in [-0.15, -0.1) is 0 Å². The Morgan fingerprint density at radius 2 is 1.74 bits per heavy atom. The number of amides is 1. The van der Waals surface area contributed by atoms with E-state index in [1.807, 2.05) is 0 Å². The first-order valence-electron chi connectivity index (χ1n) is 7.55. The number of carboxylic acids is 1. The molecule has 0 spiro atoms. The molecule has 0 aliphatic heterocycles. The molecule has 0 saturated heterocycles. The fraction of sp³-hybridized carbons (Fsp3) is 0.867. The lowest BCUT2D eigenvalue weighted by Gasteiger charge is -2.35. The molecule has 2 N–H and O–H groups in total. The standard InChI is InChI=1S/C15H25NO3/c1-11-8-12(9-11)16-13(17)10-15(14(18)19)6-4-2-3-5-7-15/h11-12H,2-10H2,1H3,(H,16,17)(H,18,19). The second kappa shape index (κ2) is 5.93. The molecule has 0 aromatic rings. The second-order valence-electron chi connectivity index (χ2n) is 6.52. The zero-order valence-electron chi connectivity index (χ0n) is 11.8. The number of hydrogen-bond acceptors (Lipinski definition) is 2. The first-order chi connectivity index (χ1) is 9.02. The Morgan fingerprint density at radius 3 is 2.21 bits per heavy atom. The van der Waals surface area contributed by atoms with Crippen LogP contribution in [-0.4, -0.2) is 23.0 Å². The van der Waals surface area contributed by atoms with Gasteiger partial charge in [0.2, 0.25) is 5.91 Å². The molecular weight excluding hydrogens is 242 g/mol. The molecule has 2 fully saturated rings. The van der Waals surface area contributed by atoms with Gasteiger partial charge >= 0.3 is 5.97 Å². The van der Waals surface area contributed by atoms with E-state index in [0.29, 0.717) is 18.8 Å². The molecule has 4 nitrogen and oxygen atoms in total. The number of carboxylic acid groups (broad SMARTS) is 1. The fourth-order valence-corrected chi connectivity index (χ4v) is 3.48. The Morgan fingerprint density at radius 1 is 1.16 bits per heavy atom. The zero-order chi connectivity index (χ0) is 13.9. The van der Waals surface area contributed by atoms with Crippen molar-refractivity contribution in [3.8, 4) is 0 Å². The Hall–Kier alpha value is -1.06. The summed E-state index contributed by atoms with van der Waals surface area (Å²) in [7, 11) is 0. The molecule has 2 rings (SSSR count). The van der Waals surface area contributed by atoms with Crippen molar-refractivity contribution in [2.75, 3.05) is 0 Å². The van der Waals surface area contributed by atoms with Gasteiger partial charge in [0.1, 0.15) is 0 Å². The van der Waals surface area contributed by atoms with Crippen molar-refractivity contribution in [1.29, 1.82) is 0 Å². The zero-order valence-corrected chi connectivity index (χ0v) is 11.8. The molecule has 4 heteroatoms. The number of nitrogens with one attached hydrogen (secondary N) is 1. The van der Waals surface area contributed by atoms with Crippen LogP contribution in [0.15, 0.2) is 0 Å². The molecular formula is C15H25NO3. The predicted octanol–water partition coefficient (Wildman–Crippen LogP) is 2.72. The van der Waals surface area contributed by atoms with Gasteiger partial charge in [-0.05, 0) is 31.6 Å². The first-order valence-corrected chi connectivity index (χ1v) is 7.55. The number of carbonyl (C=O) groups excluding carboxylic acids is 1. The maximum absolute atomic E-state index is 12.1. The summed E-state index contributed by atoms with van der Waals surface area (Å²) in [5, 5.41) is 12.5. The summed E-state index contributed by atoms with van der Waals surface area (Å²) in [6.07, 6.45) is 7.58. The molecule has 0 unspecified atom stereocenters. The van der Waals surface area contributed by atoms with Crippen molar-refractivity contribution >= 4 is 11.9 Å². The predicted molar refractivity (Wildman–Crippen MR) is 72.7 cm³/mol. The van der Waals surface area contributed by atoms with Crippen LogP contribution in [0, 0.1) is 11.3 Å². The maximum atomic E-state index is 12.1. The Labute approximate surface area is 115 Å². The molecule has 2 aliphatic rings. The van der Waals surface area contributed by atoms with E-state index < -0.39 is 11.4 Å². The average molecular weight is 267 g/mol. The van der Waals surface area contributed by atoms with E-state index in [1.54, 1.807) is 0 Å². The van der Waals surface area contributed by atoms with Crippen LogP contribution in [0.25, 0.3) is 0 Å². The Kier molecular flexibility index (Phi) is 4.48. The normalized spacial score (nSPS) is 29.9. The minimum atomic E-state index is -0.810. The monoisotopic (exact) mass is 267 g/mol. The fourth-order valence-electron chi connectivity index (χ4n) is 3.48. The highest BCUT2D eigenvalue weighted by Gasteiger charge is 2.41. The number of hydrogen-bond donors (Lipinski definition) is 2. The Bertz CT molecular complexity index is 339. The third-order valence-corrected chi connectivity index (χ3v) is 4.75. The summed E-state index contributed by atoms with van der Waals surface area (Å²) in [6.45, 7) is 2.17. The van der Waals surface area contributed by atoms with E-state index >= 15 is 0 Å². The molecule has 0 aromatic carbocycles. The van der Waals surface area contributed by atoms with Crippen molar-refractivity contribution < 1.29 is 14.7 Å². The summed E-state index contributed by atoms with van der Waals surface area (Å²) in [5.41, 5.74) is -0.810. The minimum absolute atomic E-state index is 0.0683. The highest BCUT2D eigenvalue weighted by molar-refractivity contribution is 5.85. The van der Waals surface area contributed by atoms with Gasteiger partial charge in [-0.3, -0.25) is 9.59 Å². The molecule has 0 radical (unpaired) electrons. The van der Waals surface area contributed by atoms with Crippen LogP contribution in [0.2, 0.25) is 0 Å². The van der Waals surface area contributed by atoms with Crippen LogP contribution in [0.3, 0.4) is 0 Å². The van der Waals surface area contributed by atoms with E-state index in [9.17, 15) is 14.7 Å². The first kappa shape index (κ1) is 14.4. The van der Waals surface area contributed by atoms with Crippen molar-refractivity contribution in [2.24, 2.45) is 11.3 Å². The van der Waals surface area contributed by atoms with Crippen LogP contribution in [-0.2, 0) is 9.59 Å². The van der Waals surface area contributed by atoms with Crippen LogP contribution in [0.1, 0.15) is 64.7 Å². The molecule has 0 bridgehead atoms. The smallest absolute Gasteiger partial charge is 0.310 e. The van der Waals surface area contributed by atoms with Crippen molar-refractivity contribution in [2.45, 2.75) is 70.8 Å². The number of rotatable bonds is 4. The highest BCUT2D eigenvalue weighted by Crippen LogP contribution is 2.38.